The second-order valence-electron chi connectivity index (χ2n) is 6.94. The molecule has 0 bridgehead atoms. The molecule has 3 rings (SSSR count). The van der Waals surface area contributed by atoms with Crippen LogP contribution in [0.15, 0.2) is 35.3 Å². The largest absolute Gasteiger partial charge is 0.385 e. The number of methoxy groups -OCH3 is 1. The summed E-state index contributed by atoms with van der Waals surface area (Å²) in [6.45, 7) is 5.38. The van der Waals surface area contributed by atoms with Crippen molar-refractivity contribution in [2.45, 2.75) is 33.4 Å². The molecule has 1 amide bonds. The minimum atomic E-state index is -0.270. The van der Waals surface area contributed by atoms with Gasteiger partial charge in [0.15, 0.2) is 0 Å². The van der Waals surface area contributed by atoms with Gasteiger partial charge in [-0.15, -0.1) is 0 Å². The smallest absolute Gasteiger partial charge is 0.276 e. The topological polar surface area (TPSA) is 78.2 Å². The zero-order chi connectivity index (χ0) is 21.0. The minimum absolute atomic E-state index is 0.115. The molecule has 7 nitrogen and oxygen atoms in total. The highest BCUT2D eigenvalue weighted by molar-refractivity contribution is 6.31. The molecule has 29 heavy (non-hydrogen) atoms. The summed E-state index contributed by atoms with van der Waals surface area (Å²) in [6, 6.07) is 7.65. The monoisotopic (exact) mass is 416 g/mol. The van der Waals surface area contributed by atoms with Gasteiger partial charge in [0, 0.05) is 48.6 Å². The van der Waals surface area contributed by atoms with Crippen LogP contribution in [0.3, 0.4) is 0 Å². The van der Waals surface area contributed by atoms with Gasteiger partial charge >= 0.3 is 0 Å². The van der Waals surface area contributed by atoms with Crippen LogP contribution in [0.25, 0.3) is 10.8 Å². The molecule has 0 spiro atoms. The molecule has 2 heterocycles. The first kappa shape index (κ1) is 21.1. The van der Waals surface area contributed by atoms with Crippen molar-refractivity contribution in [2.75, 3.05) is 20.3 Å². The Morgan fingerprint density at radius 3 is 2.72 bits per heavy atom. The Bertz CT molecular complexity index is 1090. The van der Waals surface area contributed by atoms with Crippen molar-refractivity contribution in [3.8, 4) is 0 Å². The lowest BCUT2D eigenvalue weighted by molar-refractivity contribution is -0.121. The second kappa shape index (κ2) is 9.24. The number of benzene rings is 1. The third kappa shape index (κ3) is 4.52. The Labute approximate surface area is 174 Å². The van der Waals surface area contributed by atoms with E-state index in [0.717, 1.165) is 22.3 Å². The number of nitrogens with one attached hydrogen (secondary N) is 1. The fourth-order valence-corrected chi connectivity index (χ4v) is 3.62. The SMILES string of the molecule is COCCCNC(=O)Cn1ncc2c(C)n(Cc3ccccc3Cl)c(C)c2c1=O. The molecule has 3 aromatic rings. The molecule has 0 aliphatic rings. The van der Waals surface area contributed by atoms with Gasteiger partial charge in [-0.3, -0.25) is 9.59 Å². The van der Waals surface area contributed by atoms with Crippen LogP contribution in [0.4, 0.5) is 0 Å². The molecule has 154 valence electrons. The van der Waals surface area contributed by atoms with Gasteiger partial charge in [0.25, 0.3) is 5.56 Å². The molecule has 0 saturated carbocycles. The van der Waals surface area contributed by atoms with E-state index in [4.69, 9.17) is 16.3 Å². The highest BCUT2D eigenvalue weighted by Crippen LogP contribution is 2.25. The lowest BCUT2D eigenvalue weighted by atomic mass is 10.2. The van der Waals surface area contributed by atoms with E-state index in [1.165, 1.54) is 4.68 Å². The summed E-state index contributed by atoms with van der Waals surface area (Å²) < 4.78 is 8.22. The standard InChI is InChI=1S/C21H25ClN4O3/c1-14-17-11-24-26(13-19(27)23-9-6-10-29-3)21(28)20(17)15(2)25(14)12-16-7-4-5-8-18(16)22/h4-5,7-8,11H,6,9-10,12-13H2,1-3H3,(H,23,27). The maximum Gasteiger partial charge on any atom is 0.276 e. The first-order chi connectivity index (χ1) is 13.9. The molecule has 0 atom stereocenters. The summed E-state index contributed by atoms with van der Waals surface area (Å²) in [6.07, 6.45) is 2.37. The fraction of sp³-hybridized carbons (Fsp3) is 0.381. The number of hydrogen-bond donors (Lipinski definition) is 1. The Kier molecular flexibility index (Phi) is 6.71. The van der Waals surface area contributed by atoms with Crippen LogP contribution < -0.4 is 10.9 Å². The highest BCUT2D eigenvalue weighted by Gasteiger charge is 2.18. The molecular formula is C21H25ClN4O3. The van der Waals surface area contributed by atoms with Crippen molar-refractivity contribution in [3.05, 3.63) is 62.8 Å². The van der Waals surface area contributed by atoms with E-state index in [9.17, 15) is 9.59 Å². The highest BCUT2D eigenvalue weighted by atomic mass is 35.5. The first-order valence-corrected chi connectivity index (χ1v) is 9.86. The molecule has 0 fully saturated rings. The Morgan fingerprint density at radius 1 is 1.24 bits per heavy atom. The zero-order valence-corrected chi connectivity index (χ0v) is 17.6. The van der Waals surface area contributed by atoms with E-state index >= 15 is 0 Å². The molecule has 2 aromatic heterocycles. The molecule has 0 saturated heterocycles. The molecular weight excluding hydrogens is 392 g/mol. The van der Waals surface area contributed by atoms with Crippen LogP contribution in [0.2, 0.25) is 5.02 Å². The van der Waals surface area contributed by atoms with Crippen molar-refractivity contribution < 1.29 is 9.53 Å². The molecule has 1 N–H and O–H groups in total. The number of ether oxygens (including phenoxy) is 1. The average Bonchev–Trinajstić information content (AvgIpc) is 2.94. The van der Waals surface area contributed by atoms with Gasteiger partial charge in [0.1, 0.15) is 6.54 Å². The summed E-state index contributed by atoms with van der Waals surface area (Å²) in [5.41, 5.74) is 2.48. The van der Waals surface area contributed by atoms with Crippen molar-refractivity contribution >= 4 is 28.3 Å². The maximum atomic E-state index is 13.0. The Hall–Kier alpha value is -2.64. The van der Waals surface area contributed by atoms with E-state index in [1.807, 2.05) is 38.1 Å². The molecule has 0 radical (unpaired) electrons. The number of carbonyl (C=O) groups is 1. The predicted octanol–water partition coefficient (Wildman–Crippen LogP) is 2.67. The molecule has 8 heteroatoms. The maximum absolute atomic E-state index is 13.0. The predicted molar refractivity (Wildman–Crippen MR) is 114 cm³/mol. The van der Waals surface area contributed by atoms with Gasteiger partial charge < -0.3 is 14.6 Å². The van der Waals surface area contributed by atoms with E-state index in [-0.39, 0.29) is 18.0 Å². The van der Waals surface area contributed by atoms with E-state index in [1.54, 1.807) is 13.3 Å². The average molecular weight is 417 g/mol. The van der Waals surface area contributed by atoms with Gasteiger partial charge in [-0.25, -0.2) is 4.68 Å². The number of hydrogen-bond acceptors (Lipinski definition) is 4. The van der Waals surface area contributed by atoms with E-state index in [0.29, 0.717) is 36.5 Å². The van der Waals surface area contributed by atoms with Gasteiger partial charge in [0.2, 0.25) is 5.91 Å². The molecule has 0 aliphatic heterocycles. The van der Waals surface area contributed by atoms with E-state index in [2.05, 4.69) is 15.0 Å². The van der Waals surface area contributed by atoms with E-state index < -0.39 is 0 Å². The third-order valence-electron chi connectivity index (χ3n) is 5.03. The quantitative estimate of drug-likeness (QED) is 0.572. The van der Waals surface area contributed by atoms with Crippen LogP contribution in [0, 0.1) is 13.8 Å². The van der Waals surface area contributed by atoms with Gasteiger partial charge in [-0.1, -0.05) is 29.8 Å². The summed E-state index contributed by atoms with van der Waals surface area (Å²) >= 11 is 6.31. The number of rotatable bonds is 8. The summed E-state index contributed by atoms with van der Waals surface area (Å²) in [5.74, 6) is -0.250. The lowest BCUT2D eigenvalue weighted by Crippen LogP contribution is -2.34. The second-order valence-corrected chi connectivity index (χ2v) is 7.35. The van der Waals surface area contributed by atoms with Crippen molar-refractivity contribution in [3.63, 3.8) is 0 Å². The summed E-state index contributed by atoms with van der Waals surface area (Å²) in [4.78, 5) is 25.1. The van der Waals surface area contributed by atoms with Gasteiger partial charge in [-0.2, -0.15) is 5.10 Å². The number of carbonyl (C=O) groups excluding carboxylic acids is 1. The Balaban J connectivity index is 1.88. The van der Waals surface area contributed by atoms with Crippen molar-refractivity contribution in [2.24, 2.45) is 0 Å². The van der Waals surface area contributed by atoms with Crippen LogP contribution in [-0.4, -0.2) is 40.5 Å². The van der Waals surface area contributed by atoms with Crippen LogP contribution in [0.5, 0.6) is 0 Å². The number of nitrogens with zero attached hydrogens (tertiary/aromatic N) is 3. The number of amides is 1. The van der Waals surface area contributed by atoms with Gasteiger partial charge in [0.05, 0.1) is 11.6 Å². The lowest BCUT2D eigenvalue weighted by Gasteiger charge is -2.10. The molecule has 0 unspecified atom stereocenters. The minimum Gasteiger partial charge on any atom is -0.385 e. The van der Waals surface area contributed by atoms with Gasteiger partial charge in [-0.05, 0) is 31.9 Å². The molecule has 0 aliphatic carbocycles. The van der Waals surface area contributed by atoms with Crippen LogP contribution >= 0.6 is 11.6 Å². The normalized spacial score (nSPS) is 11.2. The Morgan fingerprint density at radius 2 is 2.00 bits per heavy atom. The van der Waals surface area contributed by atoms with Crippen LogP contribution in [0.1, 0.15) is 23.4 Å². The summed E-state index contributed by atoms with van der Waals surface area (Å²) in [7, 11) is 1.61. The number of halogens is 1. The fourth-order valence-electron chi connectivity index (χ4n) is 3.43. The zero-order valence-electron chi connectivity index (χ0n) is 16.9. The summed E-state index contributed by atoms with van der Waals surface area (Å²) in [5, 5.41) is 9.04. The van der Waals surface area contributed by atoms with Crippen molar-refractivity contribution in [1.29, 1.82) is 0 Å². The number of aromatic nitrogens is 3. The third-order valence-corrected chi connectivity index (χ3v) is 5.40. The van der Waals surface area contributed by atoms with Crippen molar-refractivity contribution in [1.82, 2.24) is 19.7 Å². The molecule has 1 aromatic carbocycles. The first-order valence-electron chi connectivity index (χ1n) is 9.48. The number of aryl methyl sites for hydroxylation is 2. The number of fused-ring (bicyclic) bond motifs is 1. The van der Waals surface area contributed by atoms with Crippen LogP contribution in [-0.2, 0) is 22.6 Å².